The maximum atomic E-state index is 2.03. The van der Waals surface area contributed by atoms with Crippen molar-refractivity contribution in [2.75, 3.05) is 0 Å². The normalized spacial score (nSPS) is 47.5. The van der Waals surface area contributed by atoms with E-state index in [1.165, 1.54) is 67.6 Å². The zero-order chi connectivity index (χ0) is 21.7. The summed E-state index contributed by atoms with van der Waals surface area (Å²) in [5, 5.41) is 0. The number of hydrogen-bond donors (Lipinski definition) is 0. The van der Waals surface area contributed by atoms with E-state index < -0.39 is 0 Å². The molecule has 5 heteroatoms. The van der Waals surface area contributed by atoms with Gasteiger partial charge in [0.1, 0.15) is 0 Å². The second kappa shape index (κ2) is 15.9. The molecule has 14 fully saturated rings. The van der Waals surface area contributed by atoms with E-state index in [2.05, 4.69) is 0 Å². The van der Waals surface area contributed by atoms with E-state index >= 15 is 0 Å². The van der Waals surface area contributed by atoms with Crippen molar-refractivity contribution >= 4 is 0 Å². The Kier molecular flexibility index (Phi) is 16.6. The van der Waals surface area contributed by atoms with Gasteiger partial charge in [-0.15, -0.1) is 0 Å². The summed E-state index contributed by atoms with van der Waals surface area (Å²) in [6, 6.07) is 0. The summed E-state index contributed by atoms with van der Waals surface area (Å²) in [6.07, 6.45) is 18.5. The fourth-order valence-corrected chi connectivity index (χ4v) is 12.1. The molecule has 0 nitrogen and oxygen atoms in total. The van der Waals surface area contributed by atoms with E-state index in [0.29, 0.717) is 0 Å². The Morgan fingerprint density at radius 1 is 0.324 bits per heavy atom. The van der Waals surface area contributed by atoms with Gasteiger partial charge in [0.25, 0.3) is 0 Å². The van der Waals surface area contributed by atoms with Gasteiger partial charge in [-0.05, 0) is 0 Å². The summed E-state index contributed by atoms with van der Waals surface area (Å²) in [4.78, 5) is 0. The molecule has 14 aliphatic carbocycles. The first kappa shape index (κ1) is 38.7. The van der Waals surface area contributed by atoms with Gasteiger partial charge in [-0.1, -0.05) is 81.0 Å². The van der Waals surface area contributed by atoms with Crippen molar-refractivity contribution in [3.8, 4) is 0 Å². The first-order valence-corrected chi connectivity index (χ1v) is 15.0. The molecule has 0 aromatic rings. The summed E-state index contributed by atoms with van der Waals surface area (Å²) in [5.74, 6) is 22.5. The van der Waals surface area contributed by atoms with Crippen LogP contribution in [0.2, 0.25) is 0 Å². The Hall–Kier alpha value is 5.52. The van der Waals surface area contributed by atoms with Crippen molar-refractivity contribution in [2.45, 2.75) is 105 Å². The van der Waals surface area contributed by atoms with Crippen LogP contribution in [0.4, 0.5) is 0 Å². The van der Waals surface area contributed by atoms with Crippen molar-refractivity contribution in [2.24, 2.45) is 65.1 Å². The molecular weight excluding hydrogens is 829 g/mol. The molecular formula is C32H47Y5-5. The van der Waals surface area contributed by atoms with Gasteiger partial charge in [0.2, 0.25) is 0 Å². The summed E-state index contributed by atoms with van der Waals surface area (Å²) in [5.41, 5.74) is 0. The summed E-state index contributed by atoms with van der Waals surface area (Å²) >= 11 is 0. The largest absolute Gasteiger partial charge is 0.342 e. The zero-order valence-electron chi connectivity index (χ0n) is 24.2. The van der Waals surface area contributed by atoms with E-state index in [4.69, 9.17) is 0 Å². The van der Waals surface area contributed by atoms with Gasteiger partial charge in [0.15, 0.2) is 0 Å². The minimum Gasteiger partial charge on any atom is -0.342 e. The van der Waals surface area contributed by atoms with E-state index in [0.717, 1.165) is 29.6 Å². The first-order chi connectivity index (χ1) is 15.8. The first-order valence-electron chi connectivity index (χ1n) is 15.0. The topological polar surface area (TPSA) is 0 Å². The minimum absolute atomic E-state index is 0. The van der Waals surface area contributed by atoms with Crippen LogP contribution < -0.4 is 0 Å². The van der Waals surface area contributed by atoms with Crippen LogP contribution in [0.25, 0.3) is 0 Å². The predicted octanol–water partition coefficient (Wildman–Crippen LogP) is 8.48. The van der Waals surface area contributed by atoms with Crippen LogP contribution in [-0.2, 0) is 164 Å². The third-order valence-corrected chi connectivity index (χ3v) is 12.6. The van der Waals surface area contributed by atoms with Gasteiger partial charge in [0, 0.05) is 164 Å². The summed E-state index contributed by atoms with van der Waals surface area (Å²) < 4.78 is 0. The molecule has 4 unspecified atom stereocenters. The molecule has 4 atom stereocenters. The Bertz CT molecular complexity index is 491. The Morgan fingerprint density at radius 3 is 0.892 bits per heavy atom. The maximum absolute atomic E-state index is 2.03. The van der Waals surface area contributed by atoms with Crippen LogP contribution in [0, 0.1) is 94.7 Å². The molecule has 0 aliphatic heterocycles. The van der Waals surface area contributed by atoms with Crippen LogP contribution in [0.5, 0.6) is 0 Å². The second-order valence-electron chi connectivity index (χ2n) is 13.2. The summed E-state index contributed by atoms with van der Waals surface area (Å²) in [6.45, 7) is 8.00. The Balaban J connectivity index is 0.000000205. The molecule has 0 N–H and O–H groups in total. The average Bonchev–Trinajstić information content (AvgIpc) is 2.87. The molecule has 0 spiro atoms. The van der Waals surface area contributed by atoms with Gasteiger partial charge in [-0.3, -0.25) is 0 Å². The van der Waals surface area contributed by atoms with Crippen molar-refractivity contribution < 1.29 is 164 Å². The van der Waals surface area contributed by atoms with Crippen LogP contribution in [-0.4, -0.2) is 0 Å². The molecule has 5 radical (unpaired) electrons. The molecule has 14 rings (SSSR count). The van der Waals surface area contributed by atoms with Crippen molar-refractivity contribution in [1.29, 1.82) is 0 Å². The van der Waals surface area contributed by atoms with Crippen LogP contribution >= 0.6 is 0 Å². The molecule has 0 aromatic heterocycles. The van der Waals surface area contributed by atoms with Gasteiger partial charge in [0.05, 0.1) is 0 Å². The van der Waals surface area contributed by atoms with E-state index in [9.17, 15) is 0 Å². The van der Waals surface area contributed by atoms with E-state index in [1.807, 2.05) is 57.3 Å². The SMILES string of the molecule is C1[C-]2CC3C4C[C-]5CC(C14)C(C2)C3C5.C1[C-]2CC3C4C[C-]5CC([C-]14)C(C2)C3C5.CC.CC.[Y].[Y].[Y].[Y].[Y]. The number of hydrogen-bond acceptors (Lipinski definition) is 0. The second-order valence-corrected chi connectivity index (χ2v) is 13.2. The quantitative estimate of drug-likeness (QED) is 0.215. The average molecular weight is 876 g/mol. The van der Waals surface area contributed by atoms with Gasteiger partial charge >= 0.3 is 0 Å². The smallest absolute Gasteiger partial charge is 0 e. The van der Waals surface area contributed by atoms with Gasteiger partial charge in [-0.25, -0.2) is 12.8 Å². The molecule has 0 amide bonds. The fraction of sp³-hybridized carbons (Fsp3) is 0.844. The third-order valence-electron chi connectivity index (χ3n) is 12.6. The van der Waals surface area contributed by atoms with E-state index in [1.54, 1.807) is 44.9 Å². The molecule has 195 valence electrons. The minimum atomic E-state index is 0. The predicted molar refractivity (Wildman–Crippen MR) is 133 cm³/mol. The zero-order valence-corrected chi connectivity index (χ0v) is 38.4. The summed E-state index contributed by atoms with van der Waals surface area (Å²) in [7, 11) is 0. The molecule has 16 bridgehead atoms. The number of rotatable bonds is 0. The maximum Gasteiger partial charge on any atom is 0 e. The Morgan fingerprint density at radius 2 is 0.568 bits per heavy atom. The van der Waals surface area contributed by atoms with Crippen molar-refractivity contribution in [1.82, 2.24) is 0 Å². The molecule has 0 aromatic carbocycles. The third kappa shape index (κ3) is 6.29. The van der Waals surface area contributed by atoms with Crippen molar-refractivity contribution in [3.63, 3.8) is 0 Å². The fourth-order valence-electron chi connectivity index (χ4n) is 12.1. The van der Waals surface area contributed by atoms with Crippen LogP contribution in [0.1, 0.15) is 105 Å². The van der Waals surface area contributed by atoms with E-state index in [-0.39, 0.29) is 164 Å². The molecule has 14 saturated carbocycles. The molecule has 0 heterocycles. The van der Waals surface area contributed by atoms with Crippen LogP contribution in [0.15, 0.2) is 0 Å². The standard InChI is InChI=1S/C14H18.C14H17.2C2H6.5Y/c2*1-7-2-12-10-4-8-5-11(9(1)10)13(3-7)14(12)6-8;2*1-2;;;;;/h9-14H,1-6H2;9-13H,1-6H2;2*1-2H3;;;;;/q-2;-3;;;;;;;. The van der Waals surface area contributed by atoms with Crippen molar-refractivity contribution in [3.05, 3.63) is 29.6 Å². The monoisotopic (exact) mass is 876 g/mol. The molecule has 37 heavy (non-hydrogen) atoms. The van der Waals surface area contributed by atoms with Crippen LogP contribution in [0.3, 0.4) is 0 Å². The Labute approximate surface area is 356 Å². The van der Waals surface area contributed by atoms with Gasteiger partial charge in [-0.2, -0.15) is 69.6 Å². The molecule has 0 saturated heterocycles. The molecule has 14 aliphatic rings. The van der Waals surface area contributed by atoms with Gasteiger partial charge < -0.3 is 36.0 Å².